The number of nitrogens with one attached hydrogen (secondary N) is 1. The summed E-state index contributed by atoms with van der Waals surface area (Å²) in [6.07, 6.45) is 7.15. The van der Waals surface area contributed by atoms with Gasteiger partial charge < -0.3 is 5.32 Å². The quantitative estimate of drug-likeness (QED) is 0.900. The Bertz CT molecular complexity index is 447. The highest BCUT2D eigenvalue weighted by molar-refractivity contribution is 8.14. The van der Waals surface area contributed by atoms with Crippen molar-refractivity contribution in [1.29, 1.82) is 0 Å². The first-order valence-corrected chi connectivity index (χ1v) is 8.92. The van der Waals surface area contributed by atoms with Crippen LogP contribution < -0.4 is 5.32 Å². The number of thiazole rings is 1. The van der Waals surface area contributed by atoms with E-state index in [1.54, 1.807) is 11.3 Å². The zero-order chi connectivity index (χ0) is 13.3. The second-order valence-electron chi connectivity index (χ2n) is 5.86. The molecule has 3 nitrogen and oxygen atoms in total. The van der Waals surface area contributed by atoms with Crippen LogP contribution in [-0.2, 0) is 0 Å². The summed E-state index contributed by atoms with van der Waals surface area (Å²) in [6.45, 7) is 4.50. The molecule has 1 N–H and O–H groups in total. The van der Waals surface area contributed by atoms with Crippen LogP contribution in [0.5, 0.6) is 0 Å². The Morgan fingerprint density at radius 3 is 2.95 bits per heavy atom. The fourth-order valence-corrected chi connectivity index (χ4v) is 4.76. The zero-order valence-corrected chi connectivity index (χ0v) is 13.2. The van der Waals surface area contributed by atoms with Crippen molar-refractivity contribution in [1.82, 2.24) is 10.3 Å². The molecular weight excluding hydrogens is 274 g/mol. The van der Waals surface area contributed by atoms with Gasteiger partial charge in [-0.25, -0.2) is 4.98 Å². The molecule has 1 saturated carbocycles. The van der Waals surface area contributed by atoms with Gasteiger partial charge in [0.05, 0.1) is 0 Å². The number of amidine groups is 1. The molecule has 1 saturated heterocycles. The van der Waals surface area contributed by atoms with E-state index in [2.05, 4.69) is 24.1 Å². The number of aliphatic imine (C=N–C) groups is 1. The van der Waals surface area contributed by atoms with E-state index in [1.807, 2.05) is 23.3 Å². The van der Waals surface area contributed by atoms with Gasteiger partial charge in [0.15, 0.2) is 5.17 Å². The van der Waals surface area contributed by atoms with Crippen LogP contribution in [-0.4, -0.2) is 21.4 Å². The Balaban J connectivity index is 1.65. The van der Waals surface area contributed by atoms with Crippen LogP contribution in [0, 0.1) is 5.92 Å². The summed E-state index contributed by atoms with van der Waals surface area (Å²) in [5.41, 5.74) is 0.332. The lowest BCUT2D eigenvalue weighted by Gasteiger charge is -2.35. The maximum atomic E-state index is 4.80. The van der Waals surface area contributed by atoms with Gasteiger partial charge in [0.25, 0.3) is 0 Å². The van der Waals surface area contributed by atoms with Crippen LogP contribution in [0.4, 0.5) is 0 Å². The van der Waals surface area contributed by atoms with Crippen LogP contribution >= 0.6 is 23.1 Å². The second-order valence-corrected chi connectivity index (χ2v) is 7.75. The number of thioether (sulfide) groups is 1. The Morgan fingerprint density at radius 2 is 2.26 bits per heavy atom. The third kappa shape index (κ3) is 2.97. The summed E-state index contributed by atoms with van der Waals surface area (Å²) in [5.74, 6) is 2.08. The lowest BCUT2D eigenvalue weighted by molar-refractivity contribution is 0.250. The van der Waals surface area contributed by atoms with Crippen molar-refractivity contribution in [3.8, 4) is 0 Å². The third-order valence-electron chi connectivity index (χ3n) is 4.21. The normalized spacial score (nSPS) is 34.6. The Morgan fingerprint density at radius 1 is 1.47 bits per heavy atom. The van der Waals surface area contributed by atoms with Gasteiger partial charge in [0.2, 0.25) is 0 Å². The fraction of sp³-hybridized carbons (Fsp3) is 0.714. The van der Waals surface area contributed by atoms with Gasteiger partial charge in [-0.05, 0) is 38.5 Å². The Kier molecular flexibility index (Phi) is 3.85. The van der Waals surface area contributed by atoms with E-state index in [0.717, 1.165) is 16.1 Å². The van der Waals surface area contributed by atoms with Gasteiger partial charge in [-0.1, -0.05) is 18.7 Å². The lowest BCUT2D eigenvalue weighted by atomic mass is 9.78. The molecule has 0 amide bonds. The minimum atomic E-state index is 0.174. The van der Waals surface area contributed by atoms with Crippen molar-refractivity contribution in [3.05, 3.63) is 16.6 Å². The summed E-state index contributed by atoms with van der Waals surface area (Å²) < 4.78 is 0. The van der Waals surface area contributed by atoms with E-state index in [9.17, 15) is 0 Å². The van der Waals surface area contributed by atoms with Crippen molar-refractivity contribution in [2.75, 3.05) is 5.75 Å². The zero-order valence-electron chi connectivity index (χ0n) is 11.6. The molecule has 1 aromatic heterocycles. The SMILES string of the molecule is CC1CCC2(CC1)CSC(=NC(C)c1nccs1)N2. The molecule has 1 aliphatic heterocycles. The highest BCUT2D eigenvalue weighted by Gasteiger charge is 2.39. The molecule has 1 atom stereocenters. The standard InChI is InChI=1S/C14H21N3S2/c1-10-3-5-14(6-4-10)9-19-13(17-14)16-11(2)12-15-7-8-18-12/h7-8,10-11H,3-6,9H2,1-2H3,(H,16,17). The molecule has 1 aliphatic carbocycles. The summed E-state index contributed by atoms with van der Waals surface area (Å²) in [7, 11) is 0. The van der Waals surface area contributed by atoms with Crippen molar-refractivity contribution in [2.24, 2.45) is 10.9 Å². The van der Waals surface area contributed by atoms with E-state index < -0.39 is 0 Å². The molecule has 5 heteroatoms. The highest BCUT2D eigenvalue weighted by atomic mass is 32.2. The second kappa shape index (κ2) is 5.44. The number of aromatic nitrogens is 1. The van der Waals surface area contributed by atoms with E-state index in [1.165, 1.54) is 31.4 Å². The molecule has 0 bridgehead atoms. The molecule has 19 heavy (non-hydrogen) atoms. The fourth-order valence-electron chi connectivity index (χ4n) is 2.83. The average molecular weight is 295 g/mol. The largest absolute Gasteiger partial charge is 0.359 e. The smallest absolute Gasteiger partial charge is 0.157 e. The van der Waals surface area contributed by atoms with E-state index in [4.69, 9.17) is 4.99 Å². The number of nitrogens with zero attached hydrogens (tertiary/aromatic N) is 2. The predicted octanol–water partition coefficient (Wildman–Crippen LogP) is 3.85. The van der Waals surface area contributed by atoms with Crippen LogP contribution in [0.3, 0.4) is 0 Å². The van der Waals surface area contributed by atoms with Gasteiger partial charge in [-0.3, -0.25) is 4.99 Å². The Hall–Kier alpha value is -0.550. The van der Waals surface area contributed by atoms with E-state index in [-0.39, 0.29) is 6.04 Å². The van der Waals surface area contributed by atoms with Gasteiger partial charge in [-0.2, -0.15) is 0 Å². The topological polar surface area (TPSA) is 37.3 Å². The number of hydrogen-bond donors (Lipinski definition) is 1. The van der Waals surface area contributed by atoms with E-state index in [0.29, 0.717) is 5.54 Å². The van der Waals surface area contributed by atoms with Crippen LogP contribution in [0.2, 0.25) is 0 Å². The first-order chi connectivity index (χ1) is 9.17. The third-order valence-corrected chi connectivity index (χ3v) is 6.33. The molecule has 0 aromatic carbocycles. The molecule has 2 fully saturated rings. The van der Waals surface area contributed by atoms with Gasteiger partial charge in [0.1, 0.15) is 11.0 Å². The summed E-state index contributed by atoms with van der Waals surface area (Å²) in [4.78, 5) is 9.15. The first kappa shape index (κ1) is 13.4. The molecule has 1 unspecified atom stereocenters. The maximum Gasteiger partial charge on any atom is 0.157 e. The predicted molar refractivity (Wildman–Crippen MR) is 83.9 cm³/mol. The molecule has 0 radical (unpaired) electrons. The van der Waals surface area contributed by atoms with Gasteiger partial charge >= 0.3 is 0 Å². The molecular formula is C14H21N3S2. The van der Waals surface area contributed by atoms with E-state index >= 15 is 0 Å². The van der Waals surface area contributed by atoms with Crippen LogP contribution in [0.25, 0.3) is 0 Å². The minimum Gasteiger partial charge on any atom is -0.359 e. The molecule has 2 heterocycles. The summed E-state index contributed by atoms with van der Waals surface area (Å²) >= 11 is 3.58. The molecule has 2 aliphatic rings. The molecule has 104 valence electrons. The highest BCUT2D eigenvalue weighted by Crippen LogP contribution is 2.38. The lowest BCUT2D eigenvalue weighted by Crippen LogP contribution is -2.46. The minimum absolute atomic E-state index is 0.174. The van der Waals surface area contributed by atoms with Crippen molar-refractivity contribution in [3.63, 3.8) is 0 Å². The van der Waals surface area contributed by atoms with Gasteiger partial charge in [0, 0.05) is 22.9 Å². The van der Waals surface area contributed by atoms with Crippen molar-refractivity contribution >= 4 is 28.3 Å². The average Bonchev–Trinajstić information content (AvgIpc) is 3.04. The summed E-state index contributed by atoms with van der Waals surface area (Å²) in [5, 5.41) is 7.96. The van der Waals surface area contributed by atoms with Crippen molar-refractivity contribution < 1.29 is 0 Å². The van der Waals surface area contributed by atoms with Gasteiger partial charge in [-0.15, -0.1) is 11.3 Å². The summed E-state index contributed by atoms with van der Waals surface area (Å²) in [6, 6.07) is 0.174. The van der Waals surface area contributed by atoms with Crippen LogP contribution in [0.1, 0.15) is 50.6 Å². The monoisotopic (exact) mass is 295 g/mol. The number of hydrogen-bond acceptors (Lipinski definition) is 4. The Labute approximate surface area is 123 Å². The molecule has 1 aromatic rings. The van der Waals surface area contributed by atoms with Crippen LogP contribution in [0.15, 0.2) is 16.6 Å². The molecule has 3 rings (SSSR count). The van der Waals surface area contributed by atoms with Crippen molar-refractivity contribution in [2.45, 2.75) is 51.1 Å². The molecule has 1 spiro atoms. The number of rotatable bonds is 2. The first-order valence-electron chi connectivity index (χ1n) is 7.05. The maximum absolute atomic E-state index is 4.80.